The number of nitrogens with one attached hydrogen (secondary N) is 1. The van der Waals surface area contributed by atoms with Crippen LogP contribution in [0.1, 0.15) is 46.0 Å². The van der Waals surface area contributed by atoms with Gasteiger partial charge in [0.1, 0.15) is 6.61 Å². The molecule has 4 heteroatoms. The van der Waals surface area contributed by atoms with Crippen molar-refractivity contribution in [2.45, 2.75) is 58.0 Å². The van der Waals surface area contributed by atoms with Gasteiger partial charge >= 0.3 is 0 Å². The summed E-state index contributed by atoms with van der Waals surface area (Å²) in [5.41, 5.74) is 1.13. The van der Waals surface area contributed by atoms with Crippen molar-refractivity contribution >= 4 is 7.85 Å². The summed E-state index contributed by atoms with van der Waals surface area (Å²) in [6, 6.07) is 0. The van der Waals surface area contributed by atoms with E-state index in [4.69, 9.17) is 12.6 Å². The van der Waals surface area contributed by atoms with E-state index in [0.717, 1.165) is 18.4 Å². The Kier molecular flexibility index (Phi) is 12.4. The molecule has 0 spiro atoms. The van der Waals surface area contributed by atoms with Crippen molar-refractivity contribution in [3.63, 3.8) is 0 Å². The molecule has 0 aliphatic heterocycles. The van der Waals surface area contributed by atoms with E-state index in [1.807, 2.05) is 0 Å². The quantitative estimate of drug-likeness (QED) is 0.236. The molecule has 0 aromatic carbocycles. The molecule has 0 aromatic heterocycles. The molecule has 0 aromatic rings. The maximum atomic E-state index is 9.63. The molecule has 0 heterocycles. The molecule has 0 saturated heterocycles. The van der Waals surface area contributed by atoms with Crippen molar-refractivity contribution in [2.24, 2.45) is 0 Å². The molecule has 0 rings (SSSR count). The fourth-order valence-electron chi connectivity index (χ4n) is 1.88. The van der Waals surface area contributed by atoms with Crippen LogP contribution < -0.4 is 5.32 Å². The second-order valence-corrected chi connectivity index (χ2v) is 5.22. The maximum Gasteiger partial charge on any atom is 0.179 e. The zero-order chi connectivity index (χ0) is 16.8. The number of aliphatic hydroxyl groups is 1. The Bertz CT molecular complexity index is 377. The SMILES string of the molecule is [B]C(CCC(O)CC=C)NC(=C)OCC(/C=C\CC)=C/CC. The highest BCUT2D eigenvalue weighted by atomic mass is 16.5. The molecule has 0 fully saturated rings. The Morgan fingerprint density at radius 1 is 1.32 bits per heavy atom. The Labute approximate surface area is 137 Å². The summed E-state index contributed by atoms with van der Waals surface area (Å²) in [5, 5.41) is 12.6. The molecule has 0 aliphatic rings. The second kappa shape index (κ2) is 13.3. The molecule has 122 valence electrons. The van der Waals surface area contributed by atoms with Gasteiger partial charge in [-0.2, -0.15) is 0 Å². The van der Waals surface area contributed by atoms with Gasteiger partial charge in [-0.05, 0) is 50.2 Å². The van der Waals surface area contributed by atoms with Crippen LogP contribution in [0.4, 0.5) is 0 Å². The second-order valence-electron chi connectivity index (χ2n) is 5.22. The van der Waals surface area contributed by atoms with E-state index < -0.39 is 6.10 Å². The zero-order valence-corrected chi connectivity index (χ0v) is 14.1. The topological polar surface area (TPSA) is 41.5 Å². The smallest absolute Gasteiger partial charge is 0.179 e. The van der Waals surface area contributed by atoms with E-state index in [1.54, 1.807) is 6.08 Å². The minimum Gasteiger partial charge on any atom is -0.475 e. The Hall–Kier alpha value is -1.42. The van der Waals surface area contributed by atoms with Gasteiger partial charge in [0.15, 0.2) is 5.88 Å². The molecule has 0 amide bonds. The number of aliphatic hydroxyl groups excluding tert-OH is 1. The highest BCUT2D eigenvalue weighted by Gasteiger charge is 2.07. The highest BCUT2D eigenvalue weighted by Crippen LogP contribution is 2.07. The highest BCUT2D eigenvalue weighted by molar-refractivity contribution is 6.11. The number of ether oxygens (including phenoxy) is 1. The number of allylic oxidation sites excluding steroid dienone is 2. The Morgan fingerprint density at radius 3 is 2.64 bits per heavy atom. The van der Waals surface area contributed by atoms with Crippen molar-refractivity contribution in [1.82, 2.24) is 5.32 Å². The molecule has 0 bridgehead atoms. The van der Waals surface area contributed by atoms with E-state index in [1.165, 1.54) is 0 Å². The van der Waals surface area contributed by atoms with Gasteiger partial charge in [0.2, 0.25) is 0 Å². The van der Waals surface area contributed by atoms with Crippen molar-refractivity contribution < 1.29 is 9.84 Å². The van der Waals surface area contributed by atoms with Gasteiger partial charge in [-0.15, -0.1) is 6.58 Å². The van der Waals surface area contributed by atoms with Crippen LogP contribution in [0.5, 0.6) is 0 Å². The van der Waals surface area contributed by atoms with Crippen LogP contribution in [-0.4, -0.2) is 31.6 Å². The van der Waals surface area contributed by atoms with Crippen LogP contribution in [0, 0.1) is 0 Å². The third-order valence-corrected chi connectivity index (χ3v) is 3.04. The number of hydrogen-bond donors (Lipinski definition) is 2. The number of hydrogen-bond acceptors (Lipinski definition) is 3. The summed E-state index contributed by atoms with van der Waals surface area (Å²) < 4.78 is 5.59. The van der Waals surface area contributed by atoms with Crippen LogP contribution in [-0.2, 0) is 4.74 Å². The van der Waals surface area contributed by atoms with Crippen LogP contribution in [0.2, 0.25) is 0 Å². The normalized spacial score (nSPS) is 14.6. The summed E-state index contributed by atoms with van der Waals surface area (Å²) in [6.45, 7) is 12.1. The summed E-state index contributed by atoms with van der Waals surface area (Å²) in [6.07, 6.45) is 11.4. The molecule has 2 radical (unpaired) electrons. The van der Waals surface area contributed by atoms with Crippen molar-refractivity contribution in [1.29, 1.82) is 0 Å². The fraction of sp³-hybridized carbons (Fsp3) is 0.556. The van der Waals surface area contributed by atoms with Gasteiger partial charge in [0, 0.05) is 0 Å². The molecule has 0 aliphatic carbocycles. The largest absolute Gasteiger partial charge is 0.475 e. The predicted molar refractivity (Wildman–Crippen MR) is 95.6 cm³/mol. The van der Waals surface area contributed by atoms with Crippen LogP contribution in [0.3, 0.4) is 0 Å². The molecule has 2 atom stereocenters. The average Bonchev–Trinajstić information content (AvgIpc) is 2.48. The summed E-state index contributed by atoms with van der Waals surface area (Å²) in [5.74, 6) is 0.175. The van der Waals surface area contributed by atoms with Gasteiger partial charge in [-0.25, -0.2) is 0 Å². The van der Waals surface area contributed by atoms with E-state index in [-0.39, 0.29) is 5.94 Å². The average molecular weight is 303 g/mol. The van der Waals surface area contributed by atoms with E-state index in [0.29, 0.717) is 31.8 Å². The van der Waals surface area contributed by atoms with Crippen molar-refractivity contribution in [3.05, 3.63) is 48.9 Å². The van der Waals surface area contributed by atoms with E-state index in [2.05, 4.69) is 50.6 Å². The lowest BCUT2D eigenvalue weighted by molar-refractivity contribution is 0.161. The van der Waals surface area contributed by atoms with Crippen LogP contribution in [0.25, 0.3) is 0 Å². The van der Waals surface area contributed by atoms with Gasteiger partial charge < -0.3 is 15.2 Å². The minimum absolute atomic E-state index is 0.281. The summed E-state index contributed by atoms with van der Waals surface area (Å²) in [4.78, 5) is 0. The predicted octanol–water partition coefficient (Wildman–Crippen LogP) is 3.58. The van der Waals surface area contributed by atoms with Gasteiger partial charge in [-0.3, -0.25) is 0 Å². The van der Waals surface area contributed by atoms with Crippen molar-refractivity contribution in [2.75, 3.05) is 6.61 Å². The van der Waals surface area contributed by atoms with Gasteiger partial charge in [0.05, 0.1) is 14.0 Å². The third-order valence-electron chi connectivity index (χ3n) is 3.04. The molecule has 22 heavy (non-hydrogen) atoms. The molecular weight excluding hydrogens is 273 g/mol. The standard InChI is InChI=1S/C18H30BNO2/c1-5-8-11-16(9-6-2)14-22-15(4)20-18(19)13-12-17(21)10-7-3/h7-9,11,17-18,20-21H,3-6,10,12-14H2,1-2H3/b11-8-,16-9+. The van der Waals surface area contributed by atoms with Crippen LogP contribution in [0.15, 0.2) is 48.9 Å². The molecular formula is C18H30BNO2. The van der Waals surface area contributed by atoms with E-state index >= 15 is 0 Å². The third kappa shape index (κ3) is 11.3. The lowest BCUT2D eigenvalue weighted by atomic mass is 9.90. The fourth-order valence-corrected chi connectivity index (χ4v) is 1.88. The van der Waals surface area contributed by atoms with Gasteiger partial charge in [-0.1, -0.05) is 38.2 Å². The number of rotatable bonds is 13. The van der Waals surface area contributed by atoms with E-state index in [9.17, 15) is 5.11 Å². The van der Waals surface area contributed by atoms with Crippen molar-refractivity contribution in [3.8, 4) is 0 Å². The summed E-state index contributed by atoms with van der Waals surface area (Å²) >= 11 is 0. The molecule has 2 N–H and O–H groups in total. The lowest BCUT2D eigenvalue weighted by Crippen LogP contribution is -2.30. The Balaban J connectivity index is 4.08. The monoisotopic (exact) mass is 303 g/mol. The zero-order valence-electron chi connectivity index (χ0n) is 14.1. The van der Waals surface area contributed by atoms with Gasteiger partial charge in [0.25, 0.3) is 0 Å². The molecule has 0 saturated carbocycles. The minimum atomic E-state index is -0.391. The molecule has 2 unspecified atom stereocenters. The molecule has 3 nitrogen and oxygen atoms in total. The van der Waals surface area contributed by atoms with Crippen LogP contribution >= 0.6 is 0 Å². The first-order valence-corrected chi connectivity index (χ1v) is 8.01. The first-order valence-electron chi connectivity index (χ1n) is 8.01. The summed E-state index contributed by atoms with van der Waals surface area (Å²) in [7, 11) is 5.95. The lowest BCUT2D eigenvalue weighted by Gasteiger charge is -2.19. The maximum absolute atomic E-state index is 9.63. The first-order chi connectivity index (χ1) is 10.5. The first kappa shape index (κ1) is 20.6. The Morgan fingerprint density at radius 2 is 2.05 bits per heavy atom.